The zero-order chi connectivity index (χ0) is 16.2. The van der Waals surface area contributed by atoms with Gasteiger partial charge in [-0.2, -0.15) is 0 Å². The largest absolute Gasteiger partial charge is 0.351 e. The van der Waals surface area contributed by atoms with Gasteiger partial charge in [0.15, 0.2) is 0 Å². The van der Waals surface area contributed by atoms with Crippen LogP contribution in [0.2, 0.25) is 0 Å². The van der Waals surface area contributed by atoms with Gasteiger partial charge in [-0.05, 0) is 76.0 Å². The Kier molecular flexibility index (Phi) is 5.01. The second kappa shape index (κ2) is 7.18. The number of piperidine rings is 1. The third-order valence-electron chi connectivity index (χ3n) is 4.97. The first-order valence-corrected chi connectivity index (χ1v) is 8.74. The highest BCUT2D eigenvalue weighted by molar-refractivity contribution is 5.99. The van der Waals surface area contributed by atoms with Gasteiger partial charge in [-0.3, -0.25) is 4.79 Å². The first kappa shape index (κ1) is 16.1. The predicted octanol–water partition coefficient (Wildman–Crippen LogP) is 3.39. The normalized spacial score (nSPS) is 15.9. The Labute approximate surface area is 138 Å². The van der Waals surface area contributed by atoms with E-state index in [-0.39, 0.29) is 5.91 Å². The molecule has 2 aromatic rings. The number of fused-ring (bicyclic) bond motifs is 1. The highest BCUT2D eigenvalue weighted by atomic mass is 16.1. The lowest BCUT2D eigenvalue weighted by atomic mass is 10.1. The average molecular weight is 313 g/mol. The van der Waals surface area contributed by atoms with Crippen molar-refractivity contribution in [2.45, 2.75) is 39.5 Å². The predicted molar refractivity (Wildman–Crippen MR) is 95.0 cm³/mol. The summed E-state index contributed by atoms with van der Waals surface area (Å²) < 4.78 is 0. The molecule has 1 amide bonds. The summed E-state index contributed by atoms with van der Waals surface area (Å²) in [6.07, 6.45) is 5.02. The summed E-state index contributed by atoms with van der Waals surface area (Å²) in [5, 5.41) is 4.18. The lowest BCUT2D eigenvalue weighted by Crippen LogP contribution is -2.33. The van der Waals surface area contributed by atoms with Crippen molar-refractivity contribution in [3.8, 4) is 0 Å². The molecule has 0 radical (unpaired) electrons. The lowest BCUT2D eigenvalue weighted by molar-refractivity contribution is 0.0947. The van der Waals surface area contributed by atoms with Crippen molar-refractivity contribution >= 4 is 16.8 Å². The van der Waals surface area contributed by atoms with Crippen molar-refractivity contribution in [1.82, 2.24) is 15.2 Å². The maximum absolute atomic E-state index is 12.3. The highest BCUT2D eigenvalue weighted by Gasteiger charge is 2.12. The van der Waals surface area contributed by atoms with Crippen LogP contribution in [0.25, 0.3) is 10.9 Å². The number of rotatable bonds is 5. The second-order valence-electron chi connectivity index (χ2n) is 6.66. The molecular weight excluding hydrogens is 286 g/mol. The number of likely N-dealkylation sites (tertiary alicyclic amines) is 1. The Balaban J connectivity index is 1.53. The second-order valence-corrected chi connectivity index (χ2v) is 6.66. The summed E-state index contributed by atoms with van der Waals surface area (Å²) in [4.78, 5) is 18.0. The summed E-state index contributed by atoms with van der Waals surface area (Å²) in [6.45, 7) is 8.46. The third kappa shape index (κ3) is 3.75. The minimum Gasteiger partial charge on any atom is -0.351 e. The van der Waals surface area contributed by atoms with E-state index in [2.05, 4.69) is 35.1 Å². The van der Waals surface area contributed by atoms with Crippen LogP contribution in [-0.2, 0) is 0 Å². The fraction of sp³-hybridized carbons (Fsp3) is 0.526. The monoisotopic (exact) mass is 313 g/mol. The fourth-order valence-corrected chi connectivity index (χ4v) is 3.36. The lowest BCUT2D eigenvalue weighted by Gasteiger charge is -2.26. The molecule has 0 unspecified atom stereocenters. The Bertz CT molecular complexity index is 683. The van der Waals surface area contributed by atoms with Crippen LogP contribution in [-0.4, -0.2) is 42.0 Å². The van der Waals surface area contributed by atoms with E-state index < -0.39 is 0 Å². The van der Waals surface area contributed by atoms with Crippen LogP contribution in [0, 0.1) is 13.8 Å². The summed E-state index contributed by atoms with van der Waals surface area (Å²) in [7, 11) is 0. The van der Waals surface area contributed by atoms with Gasteiger partial charge < -0.3 is 15.2 Å². The van der Waals surface area contributed by atoms with Crippen LogP contribution < -0.4 is 5.32 Å². The summed E-state index contributed by atoms with van der Waals surface area (Å²) in [5.74, 6) is -0.00287. The molecule has 4 nitrogen and oxygen atoms in total. The smallest absolute Gasteiger partial charge is 0.267 e. The summed E-state index contributed by atoms with van der Waals surface area (Å²) >= 11 is 0. The molecule has 1 fully saturated rings. The number of nitrogens with one attached hydrogen (secondary N) is 2. The molecule has 1 aromatic heterocycles. The number of aromatic amines is 1. The van der Waals surface area contributed by atoms with Crippen molar-refractivity contribution in [3.05, 3.63) is 35.0 Å². The van der Waals surface area contributed by atoms with Crippen LogP contribution in [0.4, 0.5) is 0 Å². The first-order valence-electron chi connectivity index (χ1n) is 8.74. The van der Waals surface area contributed by atoms with E-state index in [9.17, 15) is 4.79 Å². The topological polar surface area (TPSA) is 48.1 Å². The Morgan fingerprint density at radius 1 is 1.22 bits per heavy atom. The molecule has 0 saturated carbocycles. The number of benzene rings is 1. The Morgan fingerprint density at radius 2 is 2.00 bits per heavy atom. The maximum Gasteiger partial charge on any atom is 0.267 e. The van der Waals surface area contributed by atoms with Crippen LogP contribution in [0.5, 0.6) is 0 Å². The number of H-pyrrole nitrogens is 1. The van der Waals surface area contributed by atoms with E-state index in [0.717, 1.165) is 30.4 Å². The molecular formula is C19H27N3O. The average Bonchev–Trinajstić information content (AvgIpc) is 3.01. The molecule has 0 aliphatic carbocycles. The van der Waals surface area contributed by atoms with Gasteiger partial charge in [-0.15, -0.1) is 0 Å². The molecule has 0 spiro atoms. The minimum atomic E-state index is -0.00287. The molecule has 1 aromatic carbocycles. The van der Waals surface area contributed by atoms with Gasteiger partial charge in [0.25, 0.3) is 5.91 Å². The summed E-state index contributed by atoms with van der Waals surface area (Å²) in [5.41, 5.74) is 4.19. The number of aromatic nitrogens is 1. The van der Waals surface area contributed by atoms with Gasteiger partial charge in [-0.25, -0.2) is 0 Å². The minimum absolute atomic E-state index is 0.00287. The van der Waals surface area contributed by atoms with E-state index in [1.165, 1.54) is 43.5 Å². The standard InChI is InChI=1S/C19H27N3O/c1-14-7-8-17-16(15(14)2)13-18(21-17)19(23)20-9-6-12-22-10-4-3-5-11-22/h7-8,13,21H,3-6,9-12H2,1-2H3,(H,20,23). The third-order valence-corrected chi connectivity index (χ3v) is 4.97. The molecule has 124 valence electrons. The van der Waals surface area contributed by atoms with Crippen molar-refractivity contribution in [2.24, 2.45) is 0 Å². The van der Waals surface area contributed by atoms with Gasteiger partial charge in [0.2, 0.25) is 0 Å². The van der Waals surface area contributed by atoms with Crippen molar-refractivity contribution in [3.63, 3.8) is 0 Å². The highest BCUT2D eigenvalue weighted by Crippen LogP contribution is 2.22. The fourth-order valence-electron chi connectivity index (χ4n) is 3.36. The molecule has 0 atom stereocenters. The molecule has 1 aliphatic rings. The molecule has 2 N–H and O–H groups in total. The molecule has 0 bridgehead atoms. The van der Waals surface area contributed by atoms with E-state index in [1.54, 1.807) is 0 Å². The molecule has 4 heteroatoms. The molecule has 1 saturated heterocycles. The molecule has 2 heterocycles. The van der Waals surface area contributed by atoms with E-state index >= 15 is 0 Å². The van der Waals surface area contributed by atoms with Gasteiger partial charge in [0, 0.05) is 17.4 Å². The van der Waals surface area contributed by atoms with Gasteiger partial charge in [-0.1, -0.05) is 12.5 Å². The van der Waals surface area contributed by atoms with Crippen LogP contribution >= 0.6 is 0 Å². The zero-order valence-corrected chi connectivity index (χ0v) is 14.2. The van der Waals surface area contributed by atoms with Crippen molar-refractivity contribution in [2.75, 3.05) is 26.2 Å². The number of hydrogen-bond donors (Lipinski definition) is 2. The van der Waals surface area contributed by atoms with Crippen LogP contribution in [0.3, 0.4) is 0 Å². The van der Waals surface area contributed by atoms with Crippen LogP contribution in [0.1, 0.15) is 47.3 Å². The molecule has 1 aliphatic heterocycles. The number of nitrogens with zero attached hydrogens (tertiary/aromatic N) is 1. The number of carbonyl (C=O) groups excluding carboxylic acids is 1. The zero-order valence-electron chi connectivity index (χ0n) is 14.2. The first-order chi connectivity index (χ1) is 11.1. The van der Waals surface area contributed by atoms with Crippen LogP contribution in [0.15, 0.2) is 18.2 Å². The summed E-state index contributed by atoms with van der Waals surface area (Å²) in [6, 6.07) is 6.11. The quantitative estimate of drug-likeness (QED) is 0.831. The number of hydrogen-bond acceptors (Lipinski definition) is 2. The van der Waals surface area contributed by atoms with Crippen molar-refractivity contribution < 1.29 is 4.79 Å². The SMILES string of the molecule is Cc1ccc2[nH]c(C(=O)NCCCN3CCCCC3)cc2c1C. The van der Waals surface area contributed by atoms with Gasteiger partial charge in [0.05, 0.1) is 0 Å². The van der Waals surface area contributed by atoms with Gasteiger partial charge in [0.1, 0.15) is 5.69 Å². The number of amides is 1. The van der Waals surface area contributed by atoms with E-state index in [0.29, 0.717) is 5.69 Å². The Hall–Kier alpha value is -1.81. The maximum atomic E-state index is 12.3. The Morgan fingerprint density at radius 3 is 2.78 bits per heavy atom. The van der Waals surface area contributed by atoms with Crippen molar-refractivity contribution in [1.29, 1.82) is 0 Å². The molecule has 3 rings (SSSR count). The van der Waals surface area contributed by atoms with E-state index in [1.807, 2.05) is 12.1 Å². The number of carbonyl (C=O) groups is 1. The van der Waals surface area contributed by atoms with E-state index in [4.69, 9.17) is 0 Å². The van der Waals surface area contributed by atoms with Gasteiger partial charge >= 0.3 is 0 Å². The molecule has 23 heavy (non-hydrogen) atoms. The number of aryl methyl sites for hydroxylation is 2.